The van der Waals surface area contributed by atoms with Crippen molar-refractivity contribution < 1.29 is 19.4 Å². The Labute approximate surface area is 115 Å². The van der Waals surface area contributed by atoms with Gasteiger partial charge in [-0.3, -0.25) is 0 Å². The summed E-state index contributed by atoms with van der Waals surface area (Å²) in [7, 11) is 0. The molecule has 0 saturated heterocycles. The lowest BCUT2D eigenvalue weighted by Gasteiger charge is -2.06. The molecular weight excluding hydrogens is 260 g/mol. The predicted octanol–water partition coefficient (Wildman–Crippen LogP) is 1.73. The molecule has 0 atom stereocenters. The summed E-state index contributed by atoms with van der Waals surface area (Å²) < 4.78 is 6.37. The highest BCUT2D eigenvalue weighted by atomic mass is 16.5. The van der Waals surface area contributed by atoms with Crippen LogP contribution in [0.2, 0.25) is 0 Å². The van der Waals surface area contributed by atoms with Crippen LogP contribution in [0.15, 0.2) is 30.3 Å². The van der Waals surface area contributed by atoms with Crippen molar-refractivity contribution in [2.75, 3.05) is 6.61 Å². The summed E-state index contributed by atoms with van der Waals surface area (Å²) in [6.07, 6.45) is 0. The van der Waals surface area contributed by atoms with Gasteiger partial charge in [-0.15, -0.1) is 0 Å². The van der Waals surface area contributed by atoms with Crippen molar-refractivity contribution in [3.8, 4) is 5.69 Å². The second-order valence-corrected chi connectivity index (χ2v) is 4.36. The Hall–Kier alpha value is -2.63. The van der Waals surface area contributed by atoms with E-state index in [0.717, 1.165) is 17.1 Å². The van der Waals surface area contributed by atoms with Gasteiger partial charge in [0.15, 0.2) is 6.61 Å². The van der Waals surface area contributed by atoms with Gasteiger partial charge < -0.3 is 9.84 Å². The fourth-order valence-electron chi connectivity index (χ4n) is 1.84. The van der Waals surface area contributed by atoms with Crippen LogP contribution < -0.4 is 0 Å². The number of hydrogen-bond donors (Lipinski definition) is 1. The molecule has 6 nitrogen and oxygen atoms in total. The van der Waals surface area contributed by atoms with E-state index in [1.54, 1.807) is 28.9 Å². The molecule has 0 unspecified atom stereocenters. The largest absolute Gasteiger partial charge is 0.479 e. The molecule has 1 N–H and O–H groups in total. The molecule has 0 bridgehead atoms. The Kier molecular flexibility index (Phi) is 3.84. The monoisotopic (exact) mass is 274 g/mol. The van der Waals surface area contributed by atoms with Crippen LogP contribution in [0.1, 0.15) is 21.7 Å². The van der Waals surface area contributed by atoms with Gasteiger partial charge >= 0.3 is 11.9 Å². The standard InChI is InChI=1S/C14H14N2O4/c1-9-7-10(2)16(15-9)12-5-3-11(4-6-12)14(19)20-8-13(17)18/h3-7H,8H2,1-2H3,(H,17,18). The highest BCUT2D eigenvalue weighted by Gasteiger charge is 2.10. The number of benzene rings is 1. The van der Waals surface area contributed by atoms with E-state index in [0.29, 0.717) is 5.56 Å². The van der Waals surface area contributed by atoms with Gasteiger partial charge in [0.1, 0.15) is 0 Å². The second kappa shape index (κ2) is 5.56. The van der Waals surface area contributed by atoms with Crippen molar-refractivity contribution >= 4 is 11.9 Å². The minimum atomic E-state index is -1.18. The van der Waals surface area contributed by atoms with Gasteiger partial charge in [-0.1, -0.05) is 0 Å². The Morgan fingerprint density at radius 3 is 2.40 bits per heavy atom. The molecule has 20 heavy (non-hydrogen) atoms. The van der Waals surface area contributed by atoms with Crippen LogP contribution in [0.3, 0.4) is 0 Å². The van der Waals surface area contributed by atoms with Crippen LogP contribution in [-0.2, 0) is 9.53 Å². The summed E-state index contributed by atoms with van der Waals surface area (Å²) in [5, 5.41) is 12.8. The van der Waals surface area contributed by atoms with Gasteiger partial charge in [0.2, 0.25) is 0 Å². The molecule has 0 radical (unpaired) electrons. The first-order valence-corrected chi connectivity index (χ1v) is 6.00. The maximum atomic E-state index is 11.6. The van der Waals surface area contributed by atoms with Crippen molar-refractivity contribution in [3.05, 3.63) is 47.3 Å². The first-order chi connectivity index (χ1) is 9.47. The fraction of sp³-hybridized carbons (Fsp3) is 0.214. The Morgan fingerprint density at radius 2 is 1.90 bits per heavy atom. The number of rotatable bonds is 4. The van der Waals surface area contributed by atoms with Gasteiger partial charge in [0.05, 0.1) is 16.9 Å². The van der Waals surface area contributed by atoms with Crippen molar-refractivity contribution in [1.82, 2.24) is 9.78 Å². The molecule has 2 aromatic rings. The molecule has 0 aliphatic carbocycles. The van der Waals surface area contributed by atoms with Crippen molar-refractivity contribution in [2.45, 2.75) is 13.8 Å². The predicted molar refractivity (Wildman–Crippen MR) is 71.0 cm³/mol. The van der Waals surface area contributed by atoms with E-state index in [2.05, 4.69) is 9.84 Å². The molecule has 0 fully saturated rings. The second-order valence-electron chi connectivity index (χ2n) is 4.36. The van der Waals surface area contributed by atoms with E-state index >= 15 is 0 Å². The smallest absolute Gasteiger partial charge is 0.341 e. The van der Waals surface area contributed by atoms with Crippen LogP contribution >= 0.6 is 0 Å². The van der Waals surface area contributed by atoms with Crippen LogP contribution in [0.25, 0.3) is 5.69 Å². The molecule has 1 aromatic heterocycles. The van der Waals surface area contributed by atoms with E-state index in [-0.39, 0.29) is 0 Å². The van der Waals surface area contributed by atoms with Crippen LogP contribution in [0.4, 0.5) is 0 Å². The maximum Gasteiger partial charge on any atom is 0.341 e. The van der Waals surface area contributed by atoms with Crippen molar-refractivity contribution in [3.63, 3.8) is 0 Å². The molecule has 0 aliphatic heterocycles. The molecule has 1 aromatic carbocycles. The number of carbonyl (C=O) groups excluding carboxylic acids is 1. The van der Waals surface area contributed by atoms with Crippen LogP contribution in [-0.4, -0.2) is 33.4 Å². The number of carbonyl (C=O) groups is 2. The SMILES string of the molecule is Cc1cc(C)n(-c2ccc(C(=O)OCC(=O)O)cc2)n1. The zero-order valence-corrected chi connectivity index (χ0v) is 11.2. The van der Waals surface area contributed by atoms with E-state index in [4.69, 9.17) is 5.11 Å². The Bertz CT molecular complexity index is 644. The third kappa shape index (κ3) is 3.03. The lowest BCUT2D eigenvalue weighted by molar-refractivity contribution is -0.140. The van der Waals surface area contributed by atoms with Gasteiger partial charge in [0.25, 0.3) is 0 Å². The third-order valence-corrected chi connectivity index (χ3v) is 2.68. The highest BCUT2D eigenvalue weighted by molar-refractivity contribution is 5.90. The molecule has 0 amide bonds. The summed E-state index contributed by atoms with van der Waals surface area (Å²) >= 11 is 0. The van der Waals surface area contributed by atoms with Crippen LogP contribution in [0, 0.1) is 13.8 Å². The third-order valence-electron chi connectivity index (χ3n) is 2.68. The molecule has 1 heterocycles. The Morgan fingerprint density at radius 1 is 1.25 bits per heavy atom. The summed E-state index contributed by atoms with van der Waals surface area (Å²) in [6.45, 7) is 3.20. The normalized spacial score (nSPS) is 10.3. The summed E-state index contributed by atoms with van der Waals surface area (Å²) in [5.41, 5.74) is 3.03. The van der Waals surface area contributed by atoms with E-state index in [1.807, 2.05) is 19.9 Å². The van der Waals surface area contributed by atoms with Gasteiger partial charge in [-0.05, 0) is 44.2 Å². The molecule has 104 valence electrons. The lowest BCUT2D eigenvalue weighted by Crippen LogP contribution is -2.13. The van der Waals surface area contributed by atoms with E-state index in [9.17, 15) is 9.59 Å². The number of nitrogens with zero attached hydrogens (tertiary/aromatic N) is 2. The summed E-state index contributed by atoms with van der Waals surface area (Å²) in [5.74, 6) is -1.84. The summed E-state index contributed by atoms with van der Waals surface area (Å²) in [4.78, 5) is 21.9. The first kappa shape index (κ1) is 13.8. The molecule has 2 rings (SSSR count). The quantitative estimate of drug-likeness (QED) is 0.859. The number of hydrogen-bond acceptors (Lipinski definition) is 4. The zero-order valence-electron chi connectivity index (χ0n) is 11.2. The topological polar surface area (TPSA) is 81.4 Å². The van der Waals surface area contributed by atoms with Crippen molar-refractivity contribution in [2.24, 2.45) is 0 Å². The number of carboxylic acid groups (broad SMARTS) is 1. The average Bonchev–Trinajstić information content (AvgIpc) is 2.75. The summed E-state index contributed by atoms with van der Waals surface area (Å²) in [6, 6.07) is 8.58. The van der Waals surface area contributed by atoms with E-state index < -0.39 is 18.5 Å². The van der Waals surface area contributed by atoms with Gasteiger partial charge in [-0.25, -0.2) is 14.3 Å². The number of aromatic nitrogens is 2. The molecular formula is C14H14N2O4. The average molecular weight is 274 g/mol. The van der Waals surface area contributed by atoms with Gasteiger partial charge in [-0.2, -0.15) is 5.10 Å². The minimum Gasteiger partial charge on any atom is -0.479 e. The molecule has 0 spiro atoms. The number of esters is 1. The van der Waals surface area contributed by atoms with Crippen LogP contribution in [0.5, 0.6) is 0 Å². The Balaban J connectivity index is 2.16. The number of aryl methyl sites for hydroxylation is 2. The van der Waals surface area contributed by atoms with E-state index in [1.165, 1.54) is 0 Å². The highest BCUT2D eigenvalue weighted by Crippen LogP contribution is 2.13. The number of aliphatic carboxylic acids is 1. The van der Waals surface area contributed by atoms with Crippen molar-refractivity contribution in [1.29, 1.82) is 0 Å². The van der Waals surface area contributed by atoms with Gasteiger partial charge in [0, 0.05) is 5.69 Å². The number of ether oxygens (including phenoxy) is 1. The molecule has 0 saturated carbocycles. The minimum absolute atomic E-state index is 0.302. The lowest BCUT2D eigenvalue weighted by atomic mass is 10.2. The first-order valence-electron chi connectivity index (χ1n) is 6.00. The number of carboxylic acids is 1. The zero-order chi connectivity index (χ0) is 14.7. The maximum absolute atomic E-state index is 11.6. The molecule has 6 heteroatoms. The molecule has 0 aliphatic rings. The fourth-order valence-corrected chi connectivity index (χ4v) is 1.84.